The van der Waals surface area contributed by atoms with Gasteiger partial charge in [0.15, 0.2) is 0 Å². The Morgan fingerprint density at radius 3 is 2.91 bits per heavy atom. The second-order valence-corrected chi connectivity index (χ2v) is 6.76. The molecule has 2 rings (SSSR count). The van der Waals surface area contributed by atoms with Gasteiger partial charge in [-0.05, 0) is 59.3 Å². The topological polar surface area (TPSA) is 44.8 Å². The van der Waals surface area contributed by atoms with Gasteiger partial charge in [0.2, 0.25) is 0 Å². The van der Waals surface area contributed by atoms with Crippen molar-refractivity contribution in [3.8, 4) is 5.75 Å². The molecule has 0 saturated carbocycles. The highest BCUT2D eigenvalue weighted by Gasteiger charge is 2.17. The summed E-state index contributed by atoms with van der Waals surface area (Å²) >= 11 is 3.44. The van der Waals surface area contributed by atoms with Crippen molar-refractivity contribution in [2.45, 2.75) is 39.2 Å². The van der Waals surface area contributed by atoms with E-state index >= 15 is 0 Å². The molecule has 1 heterocycles. The van der Waals surface area contributed by atoms with E-state index < -0.39 is 0 Å². The molecule has 0 spiro atoms. The van der Waals surface area contributed by atoms with E-state index in [1.165, 1.54) is 0 Å². The largest absolute Gasteiger partial charge is 0.490 e. The Morgan fingerprint density at radius 1 is 1.45 bits per heavy atom. The summed E-state index contributed by atoms with van der Waals surface area (Å²) in [6, 6.07) is 5.26. The van der Waals surface area contributed by atoms with Crippen LogP contribution >= 0.6 is 15.9 Å². The van der Waals surface area contributed by atoms with Crippen LogP contribution in [-0.2, 0) is 9.47 Å². The lowest BCUT2D eigenvalue weighted by Crippen LogP contribution is -2.16. The van der Waals surface area contributed by atoms with Gasteiger partial charge in [0.1, 0.15) is 12.4 Å². The van der Waals surface area contributed by atoms with Crippen molar-refractivity contribution in [3.63, 3.8) is 0 Å². The Morgan fingerprint density at radius 2 is 2.27 bits per heavy atom. The minimum absolute atomic E-state index is 0.174. The minimum atomic E-state index is -0.299. The predicted molar refractivity (Wildman–Crippen MR) is 88.3 cm³/mol. The molecule has 1 aromatic rings. The van der Waals surface area contributed by atoms with Crippen LogP contribution in [0.15, 0.2) is 22.7 Å². The summed E-state index contributed by atoms with van der Waals surface area (Å²) in [7, 11) is 0. The maximum absolute atomic E-state index is 12.0. The summed E-state index contributed by atoms with van der Waals surface area (Å²) < 4.78 is 17.3. The standard InChI is InChI=1S/C17H23BrO4/c1-12(2)7-9-21-17(19)13-5-6-16(15(18)10-13)22-11-14-4-3-8-20-14/h5-6,10,12,14H,3-4,7-9,11H2,1-2H3. The van der Waals surface area contributed by atoms with Gasteiger partial charge in [-0.3, -0.25) is 0 Å². The van der Waals surface area contributed by atoms with Gasteiger partial charge in [-0.25, -0.2) is 4.79 Å². The van der Waals surface area contributed by atoms with Crippen LogP contribution in [0.5, 0.6) is 5.75 Å². The highest BCUT2D eigenvalue weighted by Crippen LogP contribution is 2.27. The fourth-order valence-corrected chi connectivity index (χ4v) is 2.67. The van der Waals surface area contributed by atoms with Gasteiger partial charge >= 0.3 is 5.97 Å². The average molecular weight is 371 g/mol. The number of carbonyl (C=O) groups is 1. The first kappa shape index (κ1) is 17.3. The zero-order valence-electron chi connectivity index (χ0n) is 13.1. The van der Waals surface area contributed by atoms with E-state index in [0.29, 0.717) is 30.4 Å². The first-order chi connectivity index (χ1) is 10.6. The van der Waals surface area contributed by atoms with Gasteiger partial charge in [0.25, 0.3) is 0 Å². The van der Waals surface area contributed by atoms with Crippen molar-refractivity contribution in [2.75, 3.05) is 19.8 Å². The lowest BCUT2D eigenvalue weighted by atomic mass is 10.1. The van der Waals surface area contributed by atoms with Gasteiger partial charge < -0.3 is 14.2 Å². The van der Waals surface area contributed by atoms with Crippen LogP contribution in [0.4, 0.5) is 0 Å². The van der Waals surface area contributed by atoms with Crippen molar-refractivity contribution in [1.29, 1.82) is 0 Å². The van der Waals surface area contributed by atoms with Crippen molar-refractivity contribution < 1.29 is 19.0 Å². The molecule has 5 heteroatoms. The molecule has 1 fully saturated rings. The summed E-state index contributed by atoms with van der Waals surface area (Å²) in [5.41, 5.74) is 0.528. The van der Waals surface area contributed by atoms with Crippen molar-refractivity contribution >= 4 is 21.9 Å². The van der Waals surface area contributed by atoms with Gasteiger partial charge in [0, 0.05) is 6.61 Å². The van der Waals surface area contributed by atoms with E-state index in [-0.39, 0.29) is 12.1 Å². The van der Waals surface area contributed by atoms with Crippen LogP contribution < -0.4 is 4.74 Å². The summed E-state index contributed by atoms with van der Waals surface area (Å²) in [5.74, 6) is 0.939. The third-order valence-electron chi connectivity index (χ3n) is 3.54. The molecule has 4 nitrogen and oxygen atoms in total. The van der Waals surface area contributed by atoms with Crippen molar-refractivity contribution in [3.05, 3.63) is 28.2 Å². The Labute approximate surface area is 140 Å². The zero-order chi connectivity index (χ0) is 15.9. The Kier molecular flexibility index (Phi) is 6.70. The zero-order valence-corrected chi connectivity index (χ0v) is 14.7. The molecule has 0 bridgehead atoms. The molecule has 1 aliphatic heterocycles. The number of esters is 1. The second-order valence-electron chi connectivity index (χ2n) is 5.91. The van der Waals surface area contributed by atoms with Gasteiger partial charge in [-0.15, -0.1) is 0 Å². The third kappa shape index (κ3) is 5.29. The Hall–Kier alpha value is -1.07. The van der Waals surface area contributed by atoms with Crippen molar-refractivity contribution in [1.82, 2.24) is 0 Å². The summed E-state index contributed by atoms with van der Waals surface area (Å²) in [4.78, 5) is 12.0. The number of ether oxygens (including phenoxy) is 3. The van der Waals surface area contributed by atoms with Crippen LogP contribution in [-0.4, -0.2) is 31.9 Å². The summed E-state index contributed by atoms with van der Waals surface area (Å²) in [5, 5.41) is 0. The van der Waals surface area contributed by atoms with E-state index in [1.807, 2.05) is 0 Å². The molecule has 0 aromatic heterocycles. The fourth-order valence-electron chi connectivity index (χ4n) is 2.17. The van der Waals surface area contributed by atoms with Crippen LogP contribution in [0.2, 0.25) is 0 Å². The molecule has 0 N–H and O–H groups in total. The van der Waals surface area contributed by atoms with Crippen LogP contribution in [0.3, 0.4) is 0 Å². The predicted octanol–water partition coefficient (Wildman–Crippen LogP) is 4.21. The quantitative estimate of drug-likeness (QED) is 0.674. The minimum Gasteiger partial charge on any atom is -0.490 e. The maximum atomic E-state index is 12.0. The normalized spacial score (nSPS) is 17.7. The lowest BCUT2D eigenvalue weighted by molar-refractivity contribution is 0.0487. The highest BCUT2D eigenvalue weighted by molar-refractivity contribution is 9.10. The smallest absolute Gasteiger partial charge is 0.338 e. The molecule has 22 heavy (non-hydrogen) atoms. The molecule has 1 aliphatic rings. The molecule has 1 unspecified atom stereocenters. The number of rotatable bonds is 7. The van der Waals surface area contributed by atoms with Gasteiger partial charge in [0.05, 0.1) is 22.7 Å². The SMILES string of the molecule is CC(C)CCOC(=O)c1ccc(OCC2CCCO2)c(Br)c1. The number of halogens is 1. The van der Waals surface area contributed by atoms with E-state index in [1.54, 1.807) is 18.2 Å². The number of hydrogen-bond acceptors (Lipinski definition) is 4. The van der Waals surface area contributed by atoms with Crippen molar-refractivity contribution in [2.24, 2.45) is 5.92 Å². The molecule has 1 aromatic carbocycles. The van der Waals surface area contributed by atoms with Crippen LogP contribution in [0, 0.1) is 5.92 Å². The monoisotopic (exact) mass is 370 g/mol. The van der Waals surface area contributed by atoms with Crippen LogP contribution in [0.25, 0.3) is 0 Å². The van der Waals surface area contributed by atoms with E-state index in [9.17, 15) is 4.79 Å². The van der Waals surface area contributed by atoms with E-state index in [2.05, 4.69) is 29.8 Å². The van der Waals surface area contributed by atoms with Crippen LogP contribution in [0.1, 0.15) is 43.5 Å². The van der Waals surface area contributed by atoms with Gasteiger partial charge in [-0.2, -0.15) is 0 Å². The molecular weight excluding hydrogens is 348 g/mol. The van der Waals surface area contributed by atoms with Gasteiger partial charge in [-0.1, -0.05) is 13.8 Å². The number of benzene rings is 1. The van der Waals surface area contributed by atoms with E-state index in [0.717, 1.165) is 30.3 Å². The Bertz CT molecular complexity index is 495. The lowest BCUT2D eigenvalue weighted by Gasteiger charge is -2.13. The summed E-state index contributed by atoms with van der Waals surface area (Å²) in [6.07, 6.45) is 3.18. The number of hydrogen-bond donors (Lipinski definition) is 0. The third-order valence-corrected chi connectivity index (χ3v) is 4.16. The summed E-state index contributed by atoms with van der Waals surface area (Å²) in [6.45, 7) is 6.01. The fraction of sp³-hybridized carbons (Fsp3) is 0.588. The molecule has 0 radical (unpaired) electrons. The molecule has 1 atom stereocenters. The maximum Gasteiger partial charge on any atom is 0.338 e. The molecule has 0 amide bonds. The molecule has 122 valence electrons. The van der Waals surface area contributed by atoms with E-state index in [4.69, 9.17) is 14.2 Å². The molecule has 1 saturated heterocycles. The average Bonchev–Trinajstić information content (AvgIpc) is 2.98. The Balaban J connectivity index is 1.86. The first-order valence-electron chi connectivity index (χ1n) is 7.77. The second kappa shape index (κ2) is 8.53. The molecule has 0 aliphatic carbocycles. The highest BCUT2D eigenvalue weighted by atomic mass is 79.9. The molecular formula is C17H23BrO4. The number of carbonyl (C=O) groups excluding carboxylic acids is 1. The first-order valence-corrected chi connectivity index (χ1v) is 8.56.